The van der Waals surface area contributed by atoms with Crippen molar-refractivity contribution in [3.63, 3.8) is 0 Å². The monoisotopic (exact) mass is 233 g/mol. The number of hydrogen-bond donors (Lipinski definition) is 2. The van der Waals surface area contributed by atoms with E-state index in [4.69, 9.17) is 5.73 Å². The lowest BCUT2D eigenvalue weighted by Crippen LogP contribution is -2.06. The smallest absolute Gasteiger partial charge is 0.244 e. The van der Waals surface area contributed by atoms with Crippen LogP contribution in [0.2, 0.25) is 0 Å². The van der Waals surface area contributed by atoms with Crippen molar-refractivity contribution in [1.82, 2.24) is 25.0 Å². The van der Waals surface area contributed by atoms with E-state index in [0.29, 0.717) is 17.7 Å². The number of anilines is 2. The van der Waals surface area contributed by atoms with Gasteiger partial charge in [0.2, 0.25) is 11.9 Å². The number of nitrogens with one attached hydrogen (secondary N) is 1. The van der Waals surface area contributed by atoms with Gasteiger partial charge >= 0.3 is 0 Å². The molecule has 2 aromatic rings. The third kappa shape index (κ3) is 2.49. The molecule has 0 aliphatic heterocycles. The van der Waals surface area contributed by atoms with Gasteiger partial charge in [0.1, 0.15) is 0 Å². The highest BCUT2D eigenvalue weighted by Crippen LogP contribution is 2.10. The van der Waals surface area contributed by atoms with E-state index in [1.165, 1.54) is 4.68 Å². The Bertz CT molecular complexity index is 488. The zero-order valence-corrected chi connectivity index (χ0v) is 9.88. The van der Waals surface area contributed by atoms with Crippen molar-refractivity contribution in [1.29, 1.82) is 0 Å². The second-order valence-electron chi connectivity index (χ2n) is 3.67. The van der Waals surface area contributed by atoms with Crippen molar-refractivity contribution in [3.8, 4) is 5.82 Å². The van der Waals surface area contributed by atoms with E-state index in [-0.39, 0.29) is 0 Å². The molecule has 2 aromatic heterocycles. The van der Waals surface area contributed by atoms with Gasteiger partial charge < -0.3 is 11.1 Å². The largest absolute Gasteiger partial charge is 0.368 e. The van der Waals surface area contributed by atoms with Crippen LogP contribution >= 0.6 is 0 Å². The molecule has 0 aliphatic rings. The molecular weight excluding hydrogens is 218 g/mol. The zero-order valence-electron chi connectivity index (χ0n) is 9.88. The molecule has 0 saturated heterocycles. The number of nitrogens with zero attached hydrogens (tertiary/aromatic N) is 5. The van der Waals surface area contributed by atoms with Crippen LogP contribution in [0.15, 0.2) is 12.1 Å². The fourth-order valence-electron chi connectivity index (χ4n) is 1.31. The molecule has 7 heteroatoms. The molecule has 2 heterocycles. The minimum atomic E-state index is 0.293. The topological polar surface area (TPSA) is 94.5 Å². The number of aromatic nitrogens is 5. The Hall–Kier alpha value is -2.18. The van der Waals surface area contributed by atoms with Crippen LogP contribution in [0.1, 0.15) is 19.0 Å². The van der Waals surface area contributed by atoms with Gasteiger partial charge in [-0.2, -0.15) is 14.8 Å². The van der Waals surface area contributed by atoms with Crippen molar-refractivity contribution < 1.29 is 0 Å². The Morgan fingerprint density at radius 1 is 1.35 bits per heavy atom. The Morgan fingerprint density at radius 3 is 2.82 bits per heavy atom. The summed E-state index contributed by atoms with van der Waals surface area (Å²) in [6.45, 7) is 4.75. The summed E-state index contributed by atoms with van der Waals surface area (Å²) >= 11 is 0. The fourth-order valence-corrected chi connectivity index (χ4v) is 1.31. The second-order valence-corrected chi connectivity index (χ2v) is 3.67. The zero-order chi connectivity index (χ0) is 12.3. The summed E-state index contributed by atoms with van der Waals surface area (Å²) in [5.41, 5.74) is 6.61. The normalized spacial score (nSPS) is 10.5. The van der Waals surface area contributed by atoms with Crippen LogP contribution in [0.4, 0.5) is 11.9 Å². The highest BCUT2D eigenvalue weighted by atomic mass is 15.4. The predicted octanol–water partition coefficient (Wildman–Crippen LogP) is 0.770. The molecule has 0 amide bonds. The first-order chi connectivity index (χ1) is 8.20. The lowest BCUT2D eigenvalue weighted by Gasteiger charge is -2.00. The summed E-state index contributed by atoms with van der Waals surface area (Å²) in [5, 5.41) is 15.2. The first-order valence-electron chi connectivity index (χ1n) is 5.48. The molecule has 0 saturated carbocycles. The van der Waals surface area contributed by atoms with E-state index >= 15 is 0 Å². The van der Waals surface area contributed by atoms with Crippen molar-refractivity contribution in [2.24, 2.45) is 0 Å². The average molecular weight is 233 g/mol. The predicted molar refractivity (Wildman–Crippen MR) is 64.9 cm³/mol. The van der Waals surface area contributed by atoms with Crippen molar-refractivity contribution in [3.05, 3.63) is 17.8 Å². The van der Waals surface area contributed by atoms with Gasteiger partial charge in [0.15, 0.2) is 5.82 Å². The van der Waals surface area contributed by atoms with Crippen LogP contribution < -0.4 is 11.1 Å². The van der Waals surface area contributed by atoms with Crippen molar-refractivity contribution >= 4 is 11.9 Å². The maximum atomic E-state index is 5.76. The summed E-state index contributed by atoms with van der Waals surface area (Å²) in [7, 11) is 0. The van der Waals surface area contributed by atoms with Gasteiger partial charge in [-0.1, -0.05) is 6.92 Å². The van der Waals surface area contributed by atoms with E-state index in [9.17, 15) is 0 Å². The molecule has 0 atom stereocenters. The van der Waals surface area contributed by atoms with Crippen LogP contribution in [0.5, 0.6) is 0 Å². The van der Waals surface area contributed by atoms with Gasteiger partial charge in [-0.25, -0.2) is 0 Å². The van der Waals surface area contributed by atoms with Gasteiger partial charge in [0, 0.05) is 6.54 Å². The van der Waals surface area contributed by atoms with E-state index in [1.54, 1.807) is 6.07 Å². The number of nitrogen functional groups attached to an aromatic ring is 1. The van der Waals surface area contributed by atoms with Gasteiger partial charge in [-0.3, -0.25) is 0 Å². The lowest BCUT2D eigenvalue weighted by molar-refractivity contribution is 0.812. The van der Waals surface area contributed by atoms with Gasteiger partial charge in [0.25, 0.3) is 0 Å². The summed E-state index contributed by atoms with van der Waals surface area (Å²) in [6, 6.07) is 3.65. The van der Waals surface area contributed by atoms with E-state index in [1.807, 2.05) is 13.0 Å². The first-order valence-corrected chi connectivity index (χ1v) is 5.48. The Morgan fingerprint density at radius 2 is 2.18 bits per heavy atom. The van der Waals surface area contributed by atoms with Crippen molar-refractivity contribution in [2.75, 3.05) is 17.6 Å². The van der Waals surface area contributed by atoms with E-state index in [0.717, 1.165) is 18.7 Å². The third-order valence-corrected chi connectivity index (χ3v) is 2.17. The minimum absolute atomic E-state index is 0.293. The minimum Gasteiger partial charge on any atom is -0.368 e. The molecule has 17 heavy (non-hydrogen) atoms. The standard InChI is InChI=1S/C10H15N7/c1-3-6-12-10-13-9(11)17(16-10)8-5-4-7(2)14-15-8/h4-5H,3,6H2,1-2H3,(H3,11,12,13,16). The molecule has 0 bridgehead atoms. The quantitative estimate of drug-likeness (QED) is 0.810. The molecule has 0 fully saturated rings. The summed E-state index contributed by atoms with van der Waals surface area (Å²) in [6.07, 6.45) is 0.999. The molecule has 3 N–H and O–H groups in total. The van der Waals surface area contributed by atoms with Crippen LogP contribution in [0.25, 0.3) is 5.82 Å². The van der Waals surface area contributed by atoms with Gasteiger partial charge in [0.05, 0.1) is 5.69 Å². The molecule has 0 aromatic carbocycles. The van der Waals surface area contributed by atoms with E-state index in [2.05, 4.69) is 32.5 Å². The number of hydrogen-bond acceptors (Lipinski definition) is 6. The van der Waals surface area contributed by atoms with Crippen LogP contribution in [-0.4, -0.2) is 31.5 Å². The summed E-state index contributed by atoms with van der Waals surface area (Å²) < 4.78 is 1.46. The van der Waals surface area contributed by atoms with Crippen LogP contribution in [-0.2, 0) is 0 Å². The number of rotatable bonds is 4. The number of aryl methyl sites for hydroxylation is 1. The maximum Gasteiger partial charge on any atom is 0.244 e. The second kappa shape index (κ2) is 4.77. The van der Waals surface area contributed by atoms with Crippen LogP contribution in [0.3, 0.4) is 0 Å². The SMILES string of the molecule is CCCNc1nc(N)n(-c2ccc(C)nn2)n1. The highest BCUT2D eigenvalue weighted by molar-refractivity contribution is 5.37. The molecule has 7 nitrogen and oxygen atoms in total. The molecular formula is C10H15N7. The molecule has 2 rings (SSSR count). The van der Waals surface area contributed by atoms with Gasteiger partial charge in [-0.05, 0) is 25.5 Å². The first kappa shape index (κ1) is 11.3. The van der Waals surface area contributed by atoms with Crippen LogP contribution in [0, 0.1) is 6.92 Å². The average Bonchev–Trinajstić information content (AvgIpc) is 2.69. The Balaban J connectivity index is 2.26. The number of nitrogens with two attached hydrogens (primary N) is 1. The van der Waals surface area contributed by atoms with Crippen molar-refractivity contribution in [2.45, 2.75) is 20.3 Å². The Labute approximate surface area is 99.1 Å². The van der Waals surface area contributed by atoms with Gasteiger partial charge in [-0.15, -0.1) is 10.2 Å². The maximum absolute atomic E-state index is 5.76. The molecule has 0 spiro atoms. The van der Waals surface area contributed by atoms with E-state index < -0.39 is 0 Å². The molecule has 0 aliphatic carbocycles. The highest BCUT2D eigenvalue weighted by Gasteiger charge is 2.09. The lowest BCUT2D eigenvalue weighted by atomic mass is 10.4. The fraction of sp³-hybridized carbons (Fsp3) is 0.400. The Kier molecular flexibility index (Phi) is 3.17. The molecule has 0 unspecified atom stereocenters. The summed E-state index contributed by atoms with van der Waals surface area (Å²) in [5.74, 6) is 1.36. The third-order valence-electron chi connectivity index (χ3n) is 2.17. The summed E-state index contributed by atoms with van der Waals surface area (Å²) in [4.78, 5) is 4.10. The molecule has 0 radical (unpaired) electrons. The molecule has 90 valence electrons.